The number of thiazole rings is 1. The van der Waals surface area contributed by atoms with Crippen LogP contribution in [0.2, 0.25) is 0 Å². The number of likely N-dealkylation sites (N-methyl/N-ethyl adjacent to an activating group) is 1. The van der Waals surface area contributed by atoms with E-state index in [0.717, 1.165) is 26.2 Å². The van der Waals surface area contributed by atoms with E-state index < -0.39 is 0 Å². The summed E-state index contributed by atoms with van der Waals surface area (Å²) in [5, 5.41) is 7.69. The molecule has 0 aliphatic rings. The van der Waals surface area contributed by atoms with Gasteiger partial charge in [-0.1, -0.05) is 18.2 Å². The molecule has 2 heterocycles. The molecule has 1 aromatic carbocycles. The molecule has 1 N–H and O–H groups in total. The lowest BCUT2D eigenvalue weighted by atomic mass is 10.3. The molecule has 0 saturated carbocycles. The molecule has 0 unspecified atom stereocenters. The minimum atomic E-state index is -0.218. The minimum absolute atomic E-state index is 0.00344. The lowest BCUT2D eigenvalue weighted by Gasteiger charge is -2.17. The van der Waals surface area contributed by atoms with Crippen molar-refractivity contribution < 1.29 is 9.59 Å². The first-order valence-corrected chi connectivity index (χ1v) is 11.2. The molecule has 0 aliphatic carbocycles. The van der Waals surface area contributed by atoms with Gasteiger partial charge in [0.25, 0.3) is 0 Å². The molecule has 5 nitrogen and oxygen atoms in total. The molecule has 3 rings (SSSR count). The number of hydrogen-bond donors (Lipinski definition) is 1. The fraction of sp³-hybridized carbons (Fsp3) is 0.211. The van der Waals surface area contributed by atoms with Crippen LogP contribution in [-0.2, 0) is 16.0 Å². The number of para-hydroxylation sites is 1. The lowest BCUT2D eigenvalue weighted by molar-refractivity contribution is -0.132. The summed E-state index contributed by atoms with van der Waals surface area (Å²) in [6.07, 6.45) is 2.14. The van der Waals surface area contributed by atoms with Crippen LogP contribution in [0.5, 0.6) is 0 Å². The van der Waals surface area contributed by atoms with E-state index in [1.54, 1.807) is 30.1 Å². The van der Waals surface area contributed by atoms with E-state index in [0.29, 0.717) is 0 Å². The molecule has 0 fully saturated rings. The van der Waals surface area contributed by atoms with Gasteiger partial charge in [-0.2, -0.15) is 0 Å². The number of hydrogen-bond acceptors (Lipinski definition) is 6. The van der Waals surface area contributed by atoms with E-state index in [9.17, 15) is 9.59 Å². The molecular weight excluding hydrogens is 398 g/mol. The Balaban J connectivity index is 1.55. The van der Waals surface area contributed by atoms with E-state index in [1.807, 2.05) is 53.4 Å². The van der Waals surface area contributed by atoms with E-state index in [1.165, 1.54) is 16.2 Å². The number of benzene rings is 1. The van der Waals surface area contributed by atoms with Gasteiger partial charge in [0.15, 0.2) is 0 Å². The van der Waals surface area contributed by atoms with E-state index in [-0.39, 0.29) is 24.8 Å². The fourth-order valence-electron chi connectivity index (χ4n) is 2.43. The Morgan fingerprint density at radius 1 is 1.19 bits per heavy atom. The summed E-state index contributed by atoms with van der Waals surface area (Å²) >= 11 is 4.72. The summed E-state index contributed by atoms with van der Waals surface area (Å²) in [6.45, 7) is 0.00344. The number of nitrogens with one attached hydrogen (secondary N) is 1. The number of anilines is 1. The smallest absolute Gasteiger partial charge is 0.244 e. The predicted octanol–water partition coefficient (Wildman–Crippen LogP) is 4.23. The Kier molecular flexibility index (Phi) is 6.65. The van der Waals surface area contributed by atoms with Crippen molar-refractivity contribution in [3.8, 4) is 9.88 Å². The standard InChI is InChI=1S/C19H19N3O2S3/c1-22(11-17(23)21-14-6-3-4-7-15(14)25-2)18(24)10-13-12-27-19(20-13)16-8-5-9-26-16/h3-9,12H,10-11H2,1-2H3,(H,21,23). The molecule has 0 saturated heterocycles. The monoisotopic (exact) mass is 417 g/mol. The van der Waals surface area contributed by atoms with Crippen molar-refractivity contribution in [1.29, 1.82) is 0 Å². The van der Waals surface area contributed by atoms with Crippen molar-refractivity contribution in [2.75, 3.05) is 25.2 Å². The molecule has 0 atom stereocenters. The van der Waals surface area contributed by atoms with Gasteiger partial charge in [-0.25, -0.2) is 4.98 Å². The van der Waals surface area contributed by atoms with Crippen molar-refractivity contribution in [3.05, 3.63) is 52.9 Å². The summed E-state index contributed by atoms with van der Waals surface area (Å²) in [4.78, 5) is 32.7. The zero-order chi connectivity index (χ0) is 19.2. The van der Waals surface area contributed by atoms with Crippen molar-refractivity contribution in [1.82, 2.24) is 9.88 Å². The Morgan fingerprint density at radius 3 is 2.74 bits per heavy atom. The number of rotatable bonds is 7. The van der Waals surface area contributed by atoms with Crippen molar-refractivity contribution in [2.24, 2.45) is 0 Å². The molecule has 8 heteroatoms. The average molecular weight is 418 g/mol. The molecule has 27 heavy (non-hydrogen) atoms. The van der Waals surface area contributed by atoms with Gasteiger partial charge < -0.3 is 10.2 Å². The third-order valence-electron chi connectivity index (χ3n) is 3.80. The van der Waals surface area contributed by atoms with Crippen LogP contribution in [0, 0.1) is 0 Å². The number of nitrogens with zero attached hydrogens (tertiary/aromatic N) is 2. The molecule has 0 radical (unpaired) electrons. The van der Waals surface area contributed by atoms with Crippen LogP contribution >= 0.6 is 34.4 Å². The average Bonchev–Trinajstić information content (AvgIpc) is 3.33. The second kappa shape index (κ2) is 9.16. The predicted molar refractivity (Wildman–Crippen MR) is 114 cm³/mol. The Labute approximate surface area is 170 Å². The number of aromatic nitrogens is 1. The topological polar surface area (TPSA) is 62.3 Å². The second-order valence-corrected chi connectivity index (χ2v) is 8.45. The van der Waals surface area contributed by atoms with Crippen LogP contribution in [0.4, 0.5) is 5.69 Å². The highest BCUT2D eigenvalue weighted by Gasteiger charge is 2.16. The first-order chi connectivity index (χ1) is 13.1. The molecule has 0 spiro atoms. The maximum Gasteiger partial charge on any atom is 0.244 e. The molecule has 2 amide bonds. The Morgan fingerprint density at radius 2 is 2.00 bits per heavy atom. The van der Waals surface area contributed by atoms with E-state index in [2.05, 4.69) is 10.3 Å². The van der Waals surface area contributed by atoms with Gasteiger partial charge in [-0.3, -0.25) is 9.59 Å². The number of amides is 2. The number of thioether (sulfide) groups is 1. The zero-order valence-corrected chi connectivity index (χ0v) is 17.4. The number of carbonyl (C=O) groups excluding carboxylic acids is 2. The molecule has 3 aromatic rings. The molecular formula is C19H19N3O2S3. The van der Waals surface area contributed by atoms with E-state index in [4.69, 9.17) is 0 Å². The van der Waals surface area contributed by atoms with Gasteiger partial charge >= 0.3 is 0 Å². The molecule has 140 valence electrons. The quantitative estimate of drug-likeness (QED) is 0.584. The third kappa shape index (κ3) is 5.18. The number of thiophene rings is 1. The van der Waals surface area contributed by atoms with Crippen LogP contribution in [0.3, 0.4) is 0 Å². The van der Waals surface area contributed by atoms with Gasteiger partial charge in [0.1, 0.15) is 5.01 Å². The van der Waals surface area contributed by atoms with Crippen molar-refractivity contribution >= 4 is 51.9 Å². The molecule has 2 aromatic heterocycles. The van der Waals surface area contributed by atoms with Crippen LogP contribution in [0.15, 0.2) is 52.1 Å². The second-order valence-electron chi connectivity index (χ2n) is 5.80. The maximum absolute atomic E-state index is 12.4. The normalized spacial score (nSPS) is 10.6. The van der Waals surface area contributed by atoms with Gasteiger partial charge in [0.2, 0.25) is 11.8 Å². The largest absolute Gasteiger partial charge is 0.336 e. The molecule has 0 bridgehead atoms. The van der Waals surface area contributed by atoms with Crippen LogP contribution in [-0.4, -0.2) is 41.5 Å². The first-order valence-electron chi connectivity index (χ1n) is 8.22. The van der Waals surface area contributed by atoms with E-state index >= 15 is 0 Å². The van der Waals surface area contributed by atoms with Gasteiger partial charge in [0, 0.05) is 17.3 Å². The van der Waals surface area contributed by atoms with Gasteiger partial charge in [-0.15, -0.1) is 34.4 Å². The SMILES string of the molecule is CSc1ccccc1NC(=O)CN(C)C(=O)Cc1csc(-c2cccs2)n1. The van der Waals surface area contributed by atoms with Crippen LogP contribution < -0.4 is 5.32 Å². The summed E-state index contributed by atoms with van der Waals surface area (Å²) < 4.78 is 0. The first kappa shape index (κ1) is 19.6. The fourth-order valence-corrected chi connectivity index (χ4v) is 4.62. The Hall–Kier alpha value is -2.16. The van der Waals surface area contributed by atoms with Crippen molar-refractivity contribution in [3.63, 3.8) is 0 Å². The zero-order valence-electron chi connectivity index (χ0n) is 15.0. The Bertz CT molecular complexity index is 922. The highest BCUT2D eigenvalue weighted by atomic mass is 32.2. The minimum Gasteiger partial charge on any atom is -0.336 e. The van der Waals surface area contributed by atoms with Gasteiger partial charge in [-0.05, 0) is 29.8 Å². The highest BCUT2D eigenvalue weighted by molar-refractivity contribution is 7.98. The number of carbonyl (C=O) groups is 2. The van der Waals surface area contributed by atoms with Crippen LogP contribution in [0.1, 0.15) is 5.69 Å². The lowest BCUT2D eigenvalue weighted by Crippen LogP contribution is -2.35. The summed E-state index contributed by atoms with van der Waals surface area (Å²) in [6, 6.07) is 11.6. The summed E-state index contributed by atoms with van der Waals surface area (Å²) in [5.41, 5.74) is 1.49. The molecule has 0 aliphatic heterocycles. The third-order valence-corrected chi connectivity index (χ3v) is 6.53. The summed E-state index contributed by atoms with van der Waals surface area (Å²) in [7, 11) is 1.63. The van der Waals surface area contributed by atoms with Crippen molar-refractivity contribution in [2.45, 2.75) is 11.3 Å². The van der Waals surface area contributed by atoms with Crippen LogP contribution in [0.25, 0.3) is 9.88 Å². The summed E-state index contributed by atoms with van der Waals surface area (Å²) in [5.74, 6) is -0.351. The maximum atomic E-state index is 12.4. The van der Waals surface area contributed by atoms with Gasteiger partial charge in [0.05, 0.1) is 29.2 Å². The highest BCUT2D eigenvalue weighted by Crippen LogP contribution is 2.28.